The first-order chi connectivity index (χ1) is 9.92. The highest BCUT2D eigenvalue weighted by molar-refractivity contribution is 7.99. The predicted molar refractivity (Wildman–Crippen MR) is 84.4 cm³/mol. The number of nitrogens with zero attached hydrogens (tertiary/aromatic N) is 2. The van der Waals surface area contributed by atoms with Gasteiger partial charge >= 0.3 is 6.03 Å². The average molecular weight is 318 g/mol. The van der Waals surface area contributed by atoms with Gasteiger partial charge in [0, 0.05) is 31.4 Å². The highest BCUT2D eigenvalue weighted by Gasteiger charge is 2.25. The zero-order valence-corrected chi connectivity index (χ0v) is 13.8. The fraction of sp³-hybridized carbons (Fsp3) is 0.846. The highest BCUT2D eigenvalue weighted by atomic mass is 32.2. The molecule has 1 heterocycles. The Hall–Kier alpha value is -0.990. The summed E-state index contributed by atoms with van der Waals surface area (Å²) < 4.78 is 5.64. The van der Waals surface area contributed by atoms with Crippen molar-refractivity contribution in [2.45, 2.75) is 18.3 Å². The monoisotopic (exact) mass is 318 g/mol. The number of primary amides is 1. The van der Waals surface area contributed by atoms with Crippen molar-refractivity contribution >= 4 is 23.7 Å². The number of nitrogens with one attached hydrogen (secondary N) is 1. The third-order valence-corrected chi connectivity index (χ3v) is 4.28. The Balaban J connectivity index is 2.37. The molecule has 122 valence electrons. The largest absolute Gasteiger partial charge is 0.373 e. The Labute approximate surface area is 130 Å². The molecule has 21 heavy (non-hydrogen) atoms. The van der Waals surface area contributed by atoms with E-state index < -0.39 is 0 Å². The van der Waals surface area contributed by atoms with Crippen LogP contribution in [0.1, 0.15) is 6.92 Å². The molecule has 1 aliphatic heterocycles. The molecule has 0 bridgehead atoms. The molecule has 3 amide bonds. The van der Waals surface area contributed by atoms with Crippen LogP contribution in [0.2, 0.25) is 0 Å². The summed E-state index contributed by atoms with van der Waals surface area (Å²) in [5.41, 5.74) is 5.16. The molecule has 0 aromatic heterocycles. The van der Waals surface area contributed by atoms with Gasteiger partial charge in [0.25, 0.3) is 0 Å². The summed E-state index contributed by atoms with van der Waals surface area (Å²) in [6, 6.07) is -0.0539. The second-order valence-electron chi connectivity index (χ2n) is 5.33. The second-order valence-corrected chi connectivity index (χ2v) is 6.61. The van der Waals surface area contributed by atoms with Crippen LogP contribution in [0, 0.1) is 0 Å². The summed E-state index contributed by atoms with van der Waals surface area (Å²) in [4.78, 5) is 26.5. The third kappa shape index (κ3) is 7.01. The van der Waals surface area contributed by atoms with Gasteiger partial charge in [-0.05, 0) is 13.3 Å². The first-order valence-corrected chi connectivity index (χ1v) is 8.35. The summed E-state index contributed by atoms with van der Waals surface area (Å²) in [6.45, 7) is 5.14. The zero-order chi connectivity index (χ0) is 15.8. The standard InChI is InChI=1S/C13H26N4O3S/c1-10(21-3)6-15-13(19)17-4-5-20-11(8-17)7-16(2)9-12(14)18/h10-11H,4-9H2,1-3H3,(H2,14,18)(H,15,19)/t10-,11-/m1/s1. The lowest BCUT2D eigenvalue weighted by atomic mass is 10.2. The quantitative estimate of drug-likeness (QED) is 0.665. The summed E-state index contributed by atoms with van der Waals surface area (Å²) in [6.07, 6.45) is 1.93. The van der Waals surface area contributed by atoms with Crippen LogP contribution in [0.15, 0.2) is 0 Å². The normalized spacial score (nSPS) is 20.4. The van der Waals surface area contributed by atoms with Crippen molar-refractivity contribution in [1.29, 1.82) is 0 Å². The molecule has 0 aromatic carbocycles. The second kappa shape index (κ2) is 9.11. The van der Waals surface area contributed by atoms with E-state index in [4.69, 9.17) is 10.5 Å². The number of nitrogens with two attached hydrogens (primary N) is 1. The molecule has 2 atom stereocenters. The Morgan fingerprint density at radius 2 is 2.29 bits per heavy atom. The number of carbonyl (C=O) groups excluding carboxylic acids is 2. The van der Waals surface area contributed by atoms with E-state index in [0.717, 1.165) is 0 Å². The van der Waals surface area contributed by atoms with E-state index in [2.05, 4.69) is 12.2 Å². The van der Waals surface area contributed by atoms with Crippen LogP contribution < -0.4 is 11.1 Å². The van der Waals surface area contributed by atoms with Gasteiger partial charge in [-0.15, -0.1) is 0 Å². The van der Waals surface area contributed by atoms with Crippen molar-refractivity contribution in [3.8, 4) is 0 Å². The molecule has 0 aromatic rings. The van der Waals surface area contributed by atoms with Crippen LogP contribution in [0.25, 0.3) is 0 Å². The van der Waals surface area contributed by atoms with Crippen molar-refractivity contribution in [1.82, 2.24) is 15.1 Å². The lowest BCUT2D eigenvalue weighted by molar-refractivity contribution is -0.119. The maximum atomic E-state index is 12.1. The Morgan fingerprint density at radius 1 is 1.57 bits per heavy atom. The molecule has 0 spiro atoms. The average Bonchev–Trinajstić information content (AvgIpc) is 2.43. The third-order valence-electron chi connectivity index (χ3n) is 3.31. The number of carbonyl (C=O) groups is 2. The van der Waals surface area contributed by atoms with Crippen molar-refractivity contribution in [3.63, 3.8) is 0 Å². The molecular formula is C13H26N4O3S. The van der Waals surface area contributed by atoms with Crippen molar-refractivity contribution in [2.24, 2.45) is 5.73 Å². The van der Waals surface area contributed by atoms with E-state index in [-0.39, 0.29) is 24.6 Å². The minimum Gasteiger partial charge on any atom is -0.373 e. The molecular weight excluding hydrogens is 292 g/mol. The summed E-state index contributed by atoms with van der Waals surface area (Å²) in [7, 11) is 1.81. The van der Waals surface area contributed by atoms with Gasteiger partial charge in [0.2, 0.25) is 5.91 Å². The van der Waals surface area contributed by atoms with Crippen LogP contribution in [-0.4, -0.2) is 85.7 Å². The first-order valence-electron chi connectivity index (χ1n) is 7.06. The summed E-state index contributed by atoms with van der Waals surface area (Å²) in [5, 5.41) is 3.33. The number of hydrogen-bond acceptors (Lipinski definition) is 5. The first kappa shape index (κ1) is 18.1. The van der Waals surface area contributed by atoms with Crippen LogP contribution in [-0.2, 0) is 9.53 Å². The lowest BCUT2D eigenvalue weighted by Gasteiger charge is -2.34. The van der Waals surface area contributed by atoms with E-state index in [1.54, 1.807) is 16.7 Å². The van der Waals surface area contributed by atoms with Gasteiger partial charge in [0.15, 0.2) is 0 Å². The number of morpholine rings is 1. The van der Waals surface area contributed by atoms with Crippen LogP contribution in [0.5, 0.6) is 0 Å². The fourth-order valence-corrected chi connectivity index (χ4v) is 2.37. The Kier molecular flexibility index (Phi) is 7.84. The predicted octanol–water partition coefficient (Wildman–Crippen LogP) is -0.435. The minimum absolute atomic E-state index is 0.0539. The number of urea groups is 1. The van der Waals surface area contributed by atoms with E-state index in [1.807, 2.05) is 18.2 Å². The lowest BCUT2D eigenvalue weighted by Crippen LogP contribution is -2.53. The van der Waals surface area contributed by atoms with E-state index >= 15 is 0 Å². The van der Waals surface area contributed by atoms with Gasteiger partial charge in [0.1, 0.15) is 0 Å². The van der Waals surface area contributed by atoms with Gasteiger partial charge < -0.3 is 20.7 Å². The minimum atomic E-state index is -0.367. The highest BCUT2D eigenvalue weighted by Crippen LogP contribution is 2.08. The smallest absolute Gasteiger partial charge is 0.317 e. The van der Waals surface area contributed by atoms with Gasteiger partial charge in [0.05, 0.1) is 19.3 Å². The van der Waals surface area contributed by atoms with Crippen LogP contribution >= 0.6 is 11.8 Å². The van der Waals surface area contributed by atoms with Gasteiger partial charge in [-0.3, -0.25) is 9.69 Å². The summed E-state index contributed by atoms with van der Waals surface area (Å²) >= 11 is 1.72. The summed E-state index contributed by atoms with van der Waals surface area (Å²) in [5.74, 6) is -0.367. The fourth-order valence-electron chi connectivity index (χ4n) is 2.12. The van der Waals surface area contributed by atoms with E-state index in [1.165, 1.54) is 0 Å². The molecule has 0 aliphatic carbocycles. The Morgan fingerprint density at radius 3 is 2.90 bits per heavy atom. The number of ether oxygens (including phenoxy) is 1. The van der Waals surface area contributed by atoms with Crippen LogP contribution in [0.3, 0.4) is 0 Å². The number of thioether (sulfide) groups is 1. The molecule has 7 nitrogen and oxygen atoms in total. The zero-order valence-electron chi connectivity index (χ0n) is 13.0. The SMILES string of the molecule is CS[C@H](C)CNC(=O)N1CCO[C@H](CN(C)CC(N)=O)C1. The molecule has 0 saturated carbocycles. The number of rotatable bonds is 7. The Bertz CT molecular complexity index is 356. The molecule has 1 rings (SSSR count). The van der Waals surface area contributed by atoms with Crippen molar-refractivity contribution < 1.29 is 14.3 Å². The molecule has 1 saturated heterocycles. The molecule has 8 heteroatoms. The maximum Gasteiger partial charge on any atom is 0.317 e. The van der Waals surface area contributed by atoms with Crippen molar-refractivity contribution in [3.05, 3.63) is 0 Å². The van der Waals surface area contributed by atoms with E-state index in [9.17, 15) is 9.59 Å². The van der Waals surface area contributed by atoms with Gasteiger partial charge in [-0.2, -0.15) is 11.8 Å². The molecule has 1 aliphatic rings. The number of amides is 3. The van der Waals surface area contributed by atoms with E-state index in [0.29, 0.717) is 38.0 Å². The number of hydrogen-bond donors (Lipinski definition) is 2. The topological polar surface area (TPSA) is 87.9 Å². The molecule has 1 fully saturated rings. The van der Waals surface area contributed by atoms with Crippen LogP contribution in [0.4, 0.5) is 4.79 Å². The molecule has 3 N–H and O–H groups in total. The van der Waals surface area contributed by atoms with Crippen molar-refractivity contribution in [2.75, 3.05) is 52.6 Å². The maximum absolute atomic E-state index is 12.1. The van der Waals surface area contributed by atoms with Gasteiger partial charge in [-0.25, -0.2) is 4.79 Å². The molecule has 0 radical (unpaired) electrons. The van der Waals surface area contributed by atoms with Gasteiger partial charge in [-0.1, -0.05) is 6.92 Å². The number of likely N-dealkylation sites (N-methyl/N-ethyl adjacent to an activating group) is 1. The molecule has 0 unspecified atom stereocenters.